The van der Waals surface area contributed by atoms with Gasteiger partial charge in [0.1, 0.15) is 0 Å². The fourth-order valence-corrected chi connectivity index (χ4v) is 1.23. The summed E-state index contributed by atoms with van der Waals surface area (Å²) in [7, 11) is 0. The van der Waals surface area contributed by atoms with Gasteiger partial charge in [0.2, 0.25) is 0 Å². The molecule has 11 heavy (non-hydrogen) atoms. The van der Waals surface area contributed by atoms with Crippen LogP contribution in [0, 0.1) is 0 Å². The number of rotatable bonds is 5. The van der Waals surface area contributed by atoms with E-state index in [1.807, 2.05) is 0 Å². The van der Waals surface area contributed by atoms with Crippen LogP contribution in [0.25, 0.3) is 0 Å². The Kier molecular flexibility index (Phi) is 3.87. The molecule has 66 valence electrons. The van der Waals surface area contributed by atoms with Gasteiger partial charge in [-0.2, -0.15) is 0 Å². The van der Waals surface area contributed by atoms with Gasteiger partial charge in [0.05, 0.1) is 12.2 Å². The van der Waals surface area contributed by atoms with Crippen LogP contribution in [0.5, 0.6) is 0 Å². The average molecular weight is 157 g/mol. The fourth-order valence-electron chi connectivity index (χ4n) is 1.23. The Morgan fingerprint density at radius 1 is 1.55 bits per heavy atom. The molecule has 0 heterocycles. The molecule has 0 aliphatic heterocycles. The molecule has 0 aromatic carbocycles. The van der Waals surface area contributed by atoms with Gasteiger partial charge in [0, 0.05) is 6.54 Å². The second kappa shape index (κ2) is 4.73. The van der Waals surface area contributed by atoms with Gasteiger partial charge in [0.15, 0.2) is 0 Å². The Morgan fingerprint density at radius 3 is 2.73 bits per heavy atom. The van der Waals surface area contributed by atoms with Gasteiger partial charge >= 0.3 is 0 Å². The maximum Gasteiger partial charge on any atom is 0.0675 e. The average Bonchev–Trinajstić information content (AvgIpc) is 1.93. The standard InChI is InChI=1S/C9H19NO/c1-3-10-7-8(2)11-9-5-4-6-9/h8-10H,3-7H2,1-2H3. The van der Waals surface area contributed by atoms with E-state index in [1.165, 1.54) is 19.3 Å². The largest absolute Gasteiger partial charge is 0.374 e. The molecule has 1 aliphatic rings. The first-order chi connectivity index (χ1) is 5.33. The molecular formula is C9H19NO. The maximum absolute atomic E-state index is 5.73. The zero-order valence-electron chi connectivity index (χ0n) is 7.60. The lowest BCUT2D eigenvalue weighted by Crippen LogP contribution is -2.33. The third-order valence-corrected chi connectivity index (χ3v) is 2.16. The number of nitrogens with one attached hydrogen (secondary N) is 1. The monoisotopic (exact) mass is 157 g/mol. The summed E-state index contributed by atoms with van der Waals surface area (Å²) in [4.78, 5) is 0. The maximum atomic E-state index is 5.73. The minimum Gasteiger partial charge on any atom is -0.374 e. The van der Waals surface area contributed by atoms with Crippen molar-refractivity contribution in [2.75, 3.05) is 13.1 Å². The smallest absolute Gasteiger partial charge is 0.0675 e. The number of hydrogen-bond donors (Lipinski definition) is 1. The third-order valence-electron chi connectivity index (χ3n) is 2.16. The molecule has 1 unspecified atom stereocenters. The van der Waals surface area contributed by atoms with Gasteiger partial charge in [0.25, 0.3) is 0 Å². The van der Waals surface area contributed by atoms with Crippen LogP contribution in [0.4, 0.5) is 0 Å². The number of ether oxygens (including phenoxy) is 1. The van der Waals surface area contributed by atoms with Crippen LogP contribution in [-0.2, 0) is 4.74 Å². The lowest BCUT2D eigenvalue weighted by atomic mass is 9.96. The third kappa shape index (κ3) is 3.21. The van der Waals surface area contributed by atoms with Gasteiger partial charge in [-0.1, -0.05) is 6.92 Å². The van der Waals surface area contributed by atoms with Crippen LogP contribution in [0.15, 0.2) is 0 Å². The van der Waals surface area contributed by atoms with Gasteiger partial charge < -0.3 is 10.1 Å². The predicted molar refractivity (Wildman–Crippen MR) is 46.7 cm³/mol. The Labute approximate surface area is 69.3 Å². The molecule has 0 aromatic heterocycles. The van der Waals surface area contributed by atoms with Crippen molar-refractivity contribution in [1.29, 1.82) is 0 Å². The van der Waals surface area contributed by atoms with Crippen molar-refractivity contribution in [3.05, 3.63) is 0 Å². The molecule has 2 heteroatoms. The molecule has 1 saturated carbocycles. The lowest BCUT2D eigenvalue weighted by molar-refractivity contribution is -0.0416. The highest BCUT2D eigenvalue weighted by Crippen LogP contribution is 2.22. The quantitative estimate of drug-likeness (QED) is 0.654. The summed E-state index contributed by atoms with van der Waals surface area (Å²) in [5.74, 6) is 0. The normalized spacial score (nSPS) is 21.3. The minimum atomic E-state index is 0.389. The Hall–Kier alpha value is -0.0800. The van der Waals surface area contributed by atoms with E-state index in [-0.39, 0.29) is 0 Å². The van der Waals surface area contributed by atoms with E-state index in [0.717, 1.165) is 13.1 Å². The first-order valence-corrected chi connectivity index (χ1v) is 4.69. The van der Waals surface area contributed by atoms with Crippen LogP contribution < -0.4 is 5.32 Å². The predicted octanol–water partition coefficient (Wildman–Crippen LogP) is 1.55. The first-order valence-electron chi connectivity index (χ1n) is 4.69. The molecule has 0 bridgehead atoms. The fraction of sp³-hybridized carbons (Fsp3) is 1.00. The van der Waals surface area contributed by atoms with Crippen LogP contribution >= 0.6 is 0 Å². The summed E-state index contributed by atoms with van der Waals surface area (Å²) in [6, 6.07) is 0. The van der Waals surface area contributed by atoms with Crippen molar-refractivity contribution in [1.82, 2.24) is 5.32 Å². The van der Waals surface area contributed by atoms with Crippen molar-refractivity contribution >= 4 is 0 Å². The molecule has 1 aliphatic carbocycles. The highest BCUT2D eigenvalue weighted by atomic mass is 16.5. The second-order valence-electron chi connectivity index (χ2n) is 3.31. The zero-order valence-corrected chi connectivity index (χ0v) is 7.60. The van der Waals surface area contributed by atoms with Gasteiger partial charge in [-0.15, -0.1) is 0 Å². The zero-order chi connectivity index (χ0) is 8.10. The first kappa shape index (κ1) is 9.01. The van der Waals surface area contributed by atoms with E-state index in [2.05, 4.69) is 19.2 Å². The minimum absolute atomic E-state index is 0.389. The van der Waals surface area contributed by atoms with E-state index in [0.29, 0.717) is 12.2 Å². The Balaban J connectivity index is 1.95. The van der Waals surface area contributed by atoms with E-state index in [1.54, 1.807) is 0 Å². The highest BCUT2D eigenvalue weighted by molar-refractivity contribution is 4.71. The molecule has 0 spiro atoms. The van der Waals surface area contributed by atoms with Crippen LogP contribution in [0.2, 0.25) is 0 Å². The van der Waals surface area contributed by atoms with Crippen molar-refractivity contribution in [2.45, 2.75) is 45.3 Å². The molecule has 1 fully saturated rings. The SMILES string of the molecule is CCNCC(C)OC1CCC1. The molecule has 2 nitrogen and oxygen atoms in total. The van der Waals surface area contributed by atoms with E-state index >= 15 is 0 Å². The van der Waals surface area contributed by atoms with Crippen LogP contribution in [0.3, 0.4) is 0 Å². The summed E-state index contributed by atoms with van der Waals surface area (Å²) in [5.41, 5.74) is 0. The molecule has 1 atom stereocenters. The van der Waals surface area contributed by atoms with Crippen molar-refractivity contribution in [3.63, 3.8) is 0 Å². The van der Waals surface area contributed by atoms with Crippen LogP contribution in [-0.4, -0.2) is 25.3 Å². The molecule has 1 rings (SSSR count). The van der Waals surface area contributed by atoms with E-state index in [4.69, 9.17) is 4.74 Å². The summed E-state index contributed by atoms with van der Waals surface area (Å²) in [5, 5.41) is 3.28. The van der Waals surface area contributed by atoms with E-state index < -0.39 is 0 Å². The van der Waals surface area contributed by atoms with Crippen LogP contribution in [0.1, 0.15) is 33.1 Å². The van der Waals surface area contributed by atoms with Crippen molar-refractivity contribution in [2.24, 2.45) is 0 Å². The van der Waals surface area contributed by atoms with E-state index in [9.17, 15) is 0 Å². The molecule has 0 radical (unpaired) electrons. The molecular weight excluding hydrogens is 138 g/mol. The van der Waals surface area contributed by atoms with Gasteiger partial charge in [-0.3, -0.25) is 0 Å². The van der Waals surface area contributed by atoms with Crippen molar-refractivity contribution < 1.29 is 4.74 Å². The molecule has 0 amide bonds. The molecule has 0 saturated heterocycles. The van der Waals surface area contributed by atoms with Gasteiger partial charge in [-0.25, -0.2) is 0 Å². The summed E-state index contributed by atoms with van der Waals surface area (Å²) in [6.45, 7) is 6.29. The Morgan fingerprint density at radius 2 is 2.27 bits per heavy atom. The summed E-state index contributed by atoms with van der Waals surface area (Å²) >= 11 is 0. The lowest BCUT2D eigenvalue weighted by Gasteiger charge is -2.29. The summed E-state index contributed by atoms with van der Waals surface area (Å²) < 4.78 is 5.73. The van der Waals surface area contributed by atoms with Crippen molar-refractivity contribution in [3.8, 4) is 0 Å². The summed E-state index contributed by atoms with van der Waals surface area (Å²) in [6.07, 6.45) is 4.87. The number of hydrogen-bond acceptors (Lipinski definition) is 2. The topological polar surface area (TPSA) is 21.3 Å². The van der Waals surface area contributed by atoms with Gasteiger partial charge in [-0.05, 0) is 32.7 Å². The Bertz CT molecular complexity index is 102. The highest BCUT2D eigenvalue weighted by Gasteiger charge is 2.19. The molecule has 0 aromatic rings. The molecule has 1 N–H and O–H groups in total. The number of likely N-dealkylation sites (N-methyl/N-ethyl adjacent to an activating group) is 1. The second-order valence-corrected chi connectivity index (χ2v) is 3.31.